The number of carbonyl (C=O) groups is 2. The van der Waals surface area contributed by atoms with Crippen LogP contribution in [-0.2, 0) is 14.4 Å². The van der Waals surface area contributed by atoms with Crippen LogP contribution in [0, 0.1) is 0 Å². The van der Waals surface area contributed by atoms with Gasteiger partial charge in [-0.3, -0.25) is 14.4 Å². The highest BCUT2D eigenvalue weighted by Crippen LogP contribution is 2.45. The zero-order valence-corrected chi connectivity index (χ0v) is 15.4. The SMILES string of the molecule is CON(C)C(=O)C(=O)C[C@H]1C[C@H](c2ccccc2)N(C)c2ccccc21. The summed E-state index contributed by atoms with van der Waals surface area (Å²) in [6.45, 7) is 0. The molecule has 136 valence electrons. The van der Waals surface area contributed by atoms with E-state index in [0.717, 1.165) is 22.7 Å². The Morgan fingerprint density at radius 1 is 1.12 bits per heavy atom. The average molecular weight is 352 g/mol. The van der Waals surface area contributed by atoms with Crippen molar-refractivity contribution in [2.24, 2.45) is 0 Å². The second kappa shape index (κ2) is 7.70. The van der Waals surface area contributed by atoms with Crippen molar-refractivity contribution in [2.45, 2.75) is 24.8 Å². The third-order valence-corrected chi connectivity index (χ3v) is 5.15. The van der Waals surface area contributed by atoms with Gasteiger partial charge in [-0.05, 0) is 29.5 Å². The zero-order valence-electron chi connectivity index (χ0n) is 15.4. The molecule has 2 aromatic rings. The number of benzene rings is 2. The first-order valence-electron chi connectivity index (χ1n) is 8.74. The molecular formula is C21H24N2O3. The highest BCUT2D eigenvalue weighted by Gasteiger charge is 2.34. The molecule has 0 saturated heterocycles. The predicted octanol–water partition coefficient (Wildman–Crippen LogP) is 3.33. The Bertz CT molecular complexity index is 791. The third kappa shape index (κ3) is 3.48. The summed E-state index contributed by atoms with van der Waals surface area (Å²) < 4.78 is 0. The summed E-state index contributed by atoms with van der Waals surface area (Å²) in [6.07, 6.45) is 0.966. The molecule has 2 aromatic carbocycles. The van der Waals surface area contributed by atoms with Gasteiger partial charge in [-0.25, -0.2) is 5.06 Å². The first-order chi connectivity index (χ1) is 12.5. The van der Waals surface area contributed by atoms with Gasteiger partial charge in [0.25, 0.3) is 0 Å². The van der Waals surface area contributed by atoms with E-state index < -0.39 is 11.7 Å². The molecule has 0 bridgehead atoms. The lowest BCUT2D eigenvalue weighted by Crippen LogP contribution is -2.36. The first kappa shape index (κ1) is 18.1. The summed E-state index contributed by atoms with van der Waals surface area (Å²) in [5.41, 5.74) is 3.43. The van der Waals surface area contributed by atoms with Crippen molar-refractivity contribution in [1.82, 2.24) is 5.06 Å². The maximum atomic E-state index is 12.5. The average Bonchev–Trinajstić information content (AvgIpc) is 2.69. The number of fused-ring (bicyclic) bond motifs is 1. The Morgan fingerprint density at radius 3 is 2.46 bits per heavy atom. The smallest absolute Gasteiger partial charge is 0.313 e. The number of hydrogen-bond donors (Lipinski definition) is 0. The van der Waals surface area contributed by atoms with Crippen molar-refractivity contribution < 1.29 is 14.4 Å². The van der Waals surface area contributed by atoms with Crippen molar-refractivity contribution >= 4 is 17.4 Å². The number of anilines is 1. The number of amides is 1. The second-order valence-electron chi connectivity index (χ2n) is 6.64. The van der Waals surface area contributed by atoms with E-state index in [1.54, 1.807) is 0 Å². The number of hydroxylamine groups is 2. The van der Waals surface area contributed by atoms with Crippen molar-refractivity contribution in [3.05, 3.63) is 65.7 Å². The molecule has 1 aliphatic rings. The lowest BCUT2D eigenvalue weighted by molar-refractivity contribution is -0.173. The fourth-order valence-electron chi connectivity index (χ4n) is 3.67. The van der Waals surface area contributed by atoms with Crippen molar-refractivity contribution in [3.8, 4) is 0 Å². The van der Waals surface area contributed by atoms with Gasteiger partial charge in [0.15, 0.2) is 0 Å². The molecule has 0 saturated carbocycles. The van der Waals surface area contributed by atoms with E-state index in [1.165, 1.54) is 19.7 Å². The molecular weight excluding hydrogens is 328 g/mol. The van der Waals surface area contributed by atoms with Crippen LogP contribution in [-0.4, -0.2) is 38.0 Å². The van der Waals surface area contributed by atoms with Gasteiger partial charge in [-0.2, -0.15) is 0 Å². The highest BCUT2D eigenvalue weighted by atomic mass is 16.7. The summed E-state index contributed by atoms with van der Waals surface area (Å²) in [5.74, 6) is -1.04. The minimum atomic E-state index is -0.611. The molecule has 1 amide bonds. The van der Waals surface area contributed by atoms with Crippen molar-refractivity contribution in [2.75, 3.05) is 26.1 Å². The summed E-state index contributed by atoms with van der Waals surface area (Å²) in [7, 11) is 4.91. The van der Waals surface area contributed by atoms with Crippen LogP contribution in [0.5, 0.6) is 0 Å². The molecule has 0 aromatic heterocycles. The molecule has 5 heteroatoms. The summed E-state index contributed by atoms with van der Waals surface area (Å²) in [4.78, 5) is 31.7. The standard InChI is InChI=1S/C21H24N2O3/c1-22-18-12-8-7-11-17(18)16(14-20(24)21(25)23(2)26-3)13-19(22)15-9-5-4-6-10-15/h4-12,16,19H,13-14H2,1-3H3/t16-,19-/m1/s1. The van der Waals surface area contributed by atoms with E-state index >= 15 is 0 Å². The van der Waals surface area contributed by atoms with Crippen LogP contribution >= 0.6 is 0 Å². The van der Waals surface area contributed by atoms with Gasteiger partial charge in [0.2, 0.25) is 5.78 Å². The van der Waals surface area contributed by atoms with E-state index in [2.05, 4.69) is 36.2 Å². The van der Waals surface area contributed by atoms with Crippen LogP contribution in [0.4, 0.5) is 5.69 Å². The molecule has 0 N–H and O–H groups in total. The number of ketones is 1. The Balaban J connectivity index is 1.90. The molecule has 0 spiro atoms. The van der Waals surface area contributed by atoms with Crippen LogP contribution in [0.25, 0.3) is 0 Å². The van der Waals surface area contributed by atoms with Crippen LogP contribution < -0.4 is 4.90 Å². The Labute approximate surface area is 154 Å². The summed E-state index contributed by atoms with van der Waals surface area (Å²) in [5, 5.41) is 0.984. The minimum absolute atomic E-state index is 0.00527. The normalized spacial score (nSPS) is 19.0. The molecule has 2 atom stereocenters. The van der Waals surface area contributed by atoms with E-state index in [-0.39, 0.29) is 18.4 Å². The number of rotatable bonds is 5. The lowest BCUT2D eigenvalue weighted by atomic mass is 9.80. The fraction of sp³-hybridized carbons (Fsp3) is 0.333. The van der Waals surface area contributed by atoms with Crippen LogP contribution in [0.1, 0.15) is 35.9 Å². The van der Waals surface area contributed by atoms with E-state index in [1.807, 2.05) is 30.3 Å². The van der Waals surface area contributed by atoms with Gasteiger partial charge in [0, 0.05) is 26.2 Å². The third-order valence-electron chi connectivity index (χ3n) is 5.15. The largest absolute Gasteiger partial charge is 0.367 e. The zero-order chi connectivity index (χ0) is 18.7. The molecule has 0 fully saturated rings. The Hall–Kier alpha value is -2.66. The number of hydrogen-bond acceptors (Lipinski definition) is 4. The van der Waals surface area contributed by atoms with Crippen molar-refractivity contribution in [1.29, 1.82) is 0 Å². The number of carbonyl (C=O) groups excluding carboxylic acids is 2. The number of likely N-dealkylation sites (N-methyl/N-ethyl adjacent to an activating group) is 1. The Morgan fingerprint density at radius 2 is 1.77 bits per heavy atom. The molecule has 26 heavy (non-hydrogen) atoms. The first-order valence-corrected chi connectivity index (χ1v) is 8.74. The van der Waals surface area contributed by atoms with Gasteiger partial charge < -0.3 is 4.90 Å². The molecule has 5 nitrogen and oxygen atoms in total. The highest BCUT2D eigenvalue weighted by molar-refractivity contribution is 6.35. The Kier molecular flexibility index (Phi) is 5.38. The minimum Gasteiger partial charge on any atom is -0.367 e. The van der Waals surface area contributed by atoms with Crippen molar-refractivity contribution in [3.63, 3.8) is 0 Å². The maximum Gasteiger partial charge on any atom is 0.313 e. The van der Waals surface area contributed by atoms with E-state index in [9.17, 15) is 9.59 Å². The van der Waals surface area contributed by atoms with Gasteiger partial charge in [0.1, 0.15) is 0 Å². The topological polar surface area (TPSA) is 49.9 Å². The molecule has 1 heterocycles. The molecule has 0 aliphatic carbocycles. The quantitative estimate of drug-likeness (QED) is 0.612. The van der Waals surface area contributed by atoms with Gasteiger partial charge >= 0.3 is 5.91 Å². The molecule has 1 aliphatic heterocycles. The maximum absolute atomic E-state index is 12.5. The van der Waals surface area contributed by atoms with Crippen LogP contribution in [0.3, 0.4) is 0 Å². The molecule has 0 unspecified atom stereocenters. The van der Waals surface area contributed by atoms with Gasteiger partial charge in [-0.15, -0.1) is 0 Å². The summed E-state index contributed by atoms with van der Waals surface area (Å²) in [6, 6.07) is 18.6. The van der Waals surface area contributed by atoms with E-state index in [4.69, 9.17) is 4.84 Å². The van der Waals surface area contributed by atoms with E-state index in [0.29, 0.717) is 0 Å². The monoisotopic (exact) mass is 352 g/mol. The number of para-hydroxylation sites is 1. The van der Waals surface area contributed by atoms with Crippen LogP contribution in [0.2, 0.25) is 0 Å². The van der Waals surface area contributed by atoms with Crippen LogP contribution in [0.15, 0.2) is 54.6 Å². The fourth-order valence-corrected chi connectivity index (χ4v) is 3.67. The number of nitrogens with zero attached hydrogens (tertiary/aromatic N) is 2. The van der Waals surface area contributed by atoms with Gasteiger partial charge in [0.05, 0.1) is 13.2 Å². The second-order valence-corrected chi connectivity index (χ2v) is 6.64. The lowest BCUT2D eigenvalue weighted by Gasteiger charge is -2.40. The predicted molar refractivity (Wildman–Crippen MR) is 101 cm³/mol. The van der Waals surface area contributed by atoms with Gasteiger partial charge in [-0.1, -0.05) is 48.5 Å². The number of Topliss-reactive ketones (excluding diaryl/α,β-unsaturated/α-hetero) is 1. The molecule has 0 radical (unpaired) electrons. The summed E-state index contributed by atoms with van der Waals surface area (Å²) >= 11 is 0. The molecule has 3 rings (SSSR count).